The topological polar surface area (TPSA) is 75.6 Å². The van der Waals surface area contributed by atoms with Crippen LogP contribution < -0.4 is 28.4 Å². The summed E-state index contributed by atoms with van der Waals surface area (Å²) in [4.78, 5) is 0. The average Bonchev–Trinajstić information content (AvgIpc) is 3.34. The van der Waals surface area contributed by atoms with Gasteiger partial charge in [0.25, 0.3) is 0 Å². The van der Waals surface area contributed by atoms with Crippen molar-refractivity contribution in [3.8, 4) is 34.5 Å². The minimum absolute atomic E-state index is 0.175. The van der Waals surface area contributed by atoms with Crippen LogP contribution in [-0.4, -0.2) is 47.8 Å². The molecule has 0 atom stereocenters. The number of fused-ring (bicyclic) bond motifs is 12. The SMILES string of the molecule is COc1c2cc(C(C)(C)C)cc1Cc1cc(C(C)(C)C)cc(c1OC)Cc1cc(C(C)(C)C)cc(c1OC)C(O)c1cc(C(C)(C)C)cc(c1OC)Cc1cc(C(C)(C)C)cc(c1OC)Cc1cc(C(C)(C)C)cc(c1OC)C2. The summed E-state index contributed by atoms with van der Waals surface area (Å²) in [5.74, 6) is 4.61. The van der Waals surface area contributed by atoms with Gasteiger partial charge in [0.2, 0.25) is 0 Å². The number of hydrogen-bond acceptors (Lipinski definition) is 7. The lowest BCUT2D eigenvalue weighted by Crippen LogP contribution is -2.18. The van der Waals surface area contributed by atoms with E-state index in [9.17, 15) is 5.11 Å². The average molecular weight is 1070 g/mol. The first-order valence-corrected chi connectivity index (χ1v) is 28.5. The third-order valence-electron chi connectivity index (χ3n) is 16.3. The second-order valence-corrected chi connectivity index (χ2v) is 28.6. The molecule has 6 aromatic rings. The number of hydrogen-bond donors (Lipinski definition) is 1. The Balaban J connectivity index is 1.68. The maximum absolute atomic E-state index is 13.3. The third-order valence-corrected chi connectivity index (χ3v) is 16.3. The zero-order valence-electron chi connectivity index (χ0n) is 52.9. The molecule has 0 saturated heterocycles. The van der Waals surface area contributed by atoms with E-state index in [-0.39, 0.29) is 32.5 Å². The second kappa shape index (κ2) is 22.2. The van der Waals surface area contributed by atoms with Crippen molar-refractivity contribution in [2.24, 2.45) is 0 Å². The lowest BCUT2D eigenvalue weighted by atomic mass is 9.79. The molecule has 7 rings (SSSR count). The maximum Gasteiger partial charge on any atom is 0.128 e. The van der Waals surface area contributed by atoms with Gasteiger partial charge in [-0.1, -0.05) is 185 Å². The molecule has 0 radical (unpaired) electrons. The van der Waals surface area contributed by atoms with E-state index in [1.807, 2.05) is 0 Å². The van der Waals surface area contributed by atoms with Crippen LogP contribution in [0.3, 0.4) is 0 Å². The van der Waals surface area contributed by atoms with Gasteiger partial charge in [0, 0.05) is 43.2 Å². The Morgan fingerprint density at radius 3 is 0.532 bits per heavy atom. The number of ether oxygens (including phenoxy) is 6. The molecule has 0 aliphatic heterocycles. The van der Waals surface area contributed by atoms with E-state index >= 15 is 0 Å². The highest BCUT2D eigenvalue weighted by Gasteiger charge is 2.33. The van der Waals surface area contributed by atoms with Crippen molar-refractivity contribution < 1.29 is 33.5 Å². The van der Waals surface area contributed by atoms with Gasteiger partial charge in [-0.15, -0.1) is 0 Å². The molecule has 0 aromatic heterocycles. The molecule has 1 N–H and O–H groups in total. The summed E-state index contributed by atoms with van der Waals surface area (Å²) in [5, 5.41) is 13.3. The van der Waals surface area contributed by atoms with Crippen LogP contribution in [0.2, 0.25) is 0 Å². The first-order chi connectivity index (χ1) is 36.5. The normalized spacial score (nSPS) is 14.1. The minimum Gasteiger partial charge on any atom is -0.496 e. The molecular weight excluding hydrogens is 977 g/mol. The molecule has 6 aromatic carbocycles. The number of rotatable bonds is 6. The summed E-state index contributed by atoms with van der Waals surface area (Å²) >= 11 is 0. The number of aliphatic hydroxyl groups is 1. The number of benzene rings is 6. The predicted octanol–water partition coefficient (Wildman–Crippen LogP) is 16.9. The summed E-state index contributed by atoms with van der Waals surface area (Å²) in [6.07, 6.45) is 1.56. The number of aliphatic hydroxyl groups excluding tert-OH is 1. The van der Waals surface area contributed by atoms with Crippen molar-refractivity contribution in [2.75, 3.05) is 42.7 Å². The molecule has 1 aliphatic carbocycles. The highest BCUT2D eigenvalue weighted by Crippen LogP contribution is 2.48. The third kappa shape index (κ3) is 12.8. The van der Waals surface area contributed by atoms with E-state index in [0.29, 0.717) is 54.7 Å². The van der Waals surface area contributed by atoms with Gasteiger partial charge in [-0.05, 0) is 134 Å². The Kier molecular flexibility index (Phi) is 17.1. The Morgan fingerprint density at radius 2 is 0.392 bits per heavy atom. The molecule has 0 saturated carbocycles. The molecule has 0 heterocycles. The van der Waals surface area contributed by atoms with Gasteiger partial charge < -0.3 is 33.5 Å². The Morgan fingerprint density at radius 1 is 0.253 bits per heavy atom. The van der Waals surface area contributed by atoms with Gasteiger partial charge in [0.15, 0.2) is 0 Å². The van der Waals surface area contributed by atoms with Crippen molar-refractivity contribution in [1.82, 2.24) is 0 Å². The predicted molar refractivity (Wildman–Crippen MR) is 328 cm³/mol. The van der Waals surface area contributed by atoms with Crippen molar-refractivity contribution in [2.45, 2.75) is 195 Å². The van der Waals surface area contributed by atoms with Crippen LogP contribution in [-0.2, 0) is 64.6 Å². The Labute approximate surface area is 476 Å². The van der Waals surface area contributed by atoms with Crippen molar-refractivity contribution >= 4 is 0 Å². The van der Waals surface area contributed by atoms with Crippen LogP contribution in [0.15, 0.2) is 72.8 Å². The quantitative estimate of drug-likeness (QED) is 0.178. The highest BCUT2D eigenvalue weighted by molar-refractivity contribution is 5.62. The van der Waals surface area contributed by atoms with Crippen molar-refractivity contribution in [3.63, 3.8) is 0 Å². The standard InChI is InChI=1S/C72H96O7/c1-67(2,3)52-30-42-25-43-31-53(68(4,5)6)33-45(62(43)75-20)27-47-35-55(70(10,11)12)37-49(64(47)77-22)29-51-39-57(72(16,17)18)41-59(66(51)79-24)60(73)58-40-56(71(13,14)15)38-50(65(58)78-23)28-48-36-54(69(7,8)9)34-46(63(48)76-21)26-44(32-52)61(42)74-19/h30-41,60,73H,25-29H2,1-24H3. The van der Waals surface area contributed by atoms with E-state index in [1.54, 1.807) is 42.7 Å². The zero-order valence-corrected chi connectivity index (χ0v) is 52.9. The summed E-state index contributed by atoms with van der Waals surface area (Å²) in [6.45, 7) is 40.7. The van der Waals surface area contributed by atoms with Crippen LogP contribution in [0, 0.1) is 0 Å². The summed E-state index contributed by atoms with van der Waals surface area (Å²) in [7, 11) is 10.6. The van der Waals surface area contributed by atoms with Crippen LogP contribution in [0.1, 0.15) is 231 Å². The summed E-state index contributed by atoms with van der Waals surface area (Å²) in [6, 6.07) is 27.4. The lowest BCUT2D eigenvalue weighted by Gasteiger charge is -2.29. The van der Waals surface area contributed by atoms with Gasteiger partial charge in [-0.3, -0.25) is 0 Å². The Hall–Kier alpha value is -5.92. The van der Waals surface area contributed by atoms with Gasteiger partial charge >= 0.3 is 0 Å². The van der Waals surface area contributed by atoms with Crippen molar-refractivity contribution in [3.05, 3.63) is 173 Å². The molecular formula is C72H96O7. The molecule has 0 fully saturated rings. The maximum atomic E-state index is 13.3. The second-order valence-electron chi connectivity index (χ2n) is 28.6. The monoisotopic (exact) mass is 1070 g/mol. The minimum atomic E-state index is -1.12. The van der Waals surface area contributed by atoms with E-state index in [2.05, 4.69) is 197 Å². The molecule has 1 aliphatic rings. The lowest BCUT2D eigenvalue weighted by molar-refractivity contribution is 0.208. The number of methoxy groups -OCH3 is 6. The molecule has 0 spiro atoms. The largest absolute Gasteiger partial charge is 0.496 e. The fraction of sp³-hybridized carbons (Fsp3) is 0.500. The molecule has 7 heteroatoms. The molecule has 79 heavy (non-hydrogen) atoms. The molecule has 426 valence electrons. The van der Waals surface area contributed by atoms with Crippen LogP contribution in [0.5, 0.6) is 34.5 Å². The van der Waals surface area contributed by atoms with E-state index in [0.717, 1.165) is 89.8 Å². The first-order valence-electron chi connectivity index (χ1n) is 28.5. The molecule has 12 bridgehead atoms. The summed E-state index contributed by atoms with van der Waals surface area (Å²) < 4.78 is 39.6. The summed E-state index contributed by atoms with van der Waals surface area (Å²) in [5.41, 5.74) is 17.5. The van der Waals surface area contributed by atoms with Gasteiger partial charge in [0.1, 0.15) is 40.6 Å². The van der Waals surface area contributed by atoms with Crippen LogP contribution in [0.4, 0.5) is 0 Å². The Bertz CT molecular complexity index is 3000. The molecule has 0 amide bonds. The first kappa shape index (κ1) is 60.7. The van der Waals surface area contributed by atoms with E-state index < -0.39 is 6.10 Å². The van der Waals surface area contributed by atoms with E-state index in [1.165, 1.54) is 22.3 Å². The fourth-order valence-electron chi connectivity index (χ4n) is 11.5. The smallest absolute Gasteiger partial charge is 0.128 e. The van der Waals surface area contributed by atoms with Gasteiger partial charge in [-0.25, -0.2) is 0 Å². The van der Waals surface area contributed by atoms with Crippen molar-refractivity contribution in [1.29, 1.82) is 0 Å². The van der Waals surface area contributed by atoms with E-state index in [4.69, 9.17) is 28.4 Å². The zero-order chi connectivity index (χ0) is 58.7. The van der Waals surface area contributed by atoms with Gasteiger partial charge in [0.05, 0.1) is 42.7 Å². The van der Waals surface area contributed by atoms with Gasteiger partial charge in [-0.2, -0.15) is 0 Å². The molecule has 7 nitrogen and oxygen atoms in total. The fourth-order valence-corrected chi connectivity index (χ4v) is 11.5. The van der Waals surface area contributed by atoms with Crippen LogP contribution >= 0.6 is 0 Å². The highest BCUT2D eigenvalue weighted by atomic mass is 16.5. The molecule has 0 unspecified atom stereocenters. The van der Waals surface area contributed by atoms with Crippen LogP contribution in [0.25, 0.3) is 0 Å².